The van der Waals surface area contributed by atoms with Gasteiger partial charge in [0.05, 0.1) is 0 Å². The molecule has 21 heavy (non-hydrogen) atoms. The largest absolute Gasteiger partial charge is 0.341 e. The fraction of sp³-hybridized carbons (Fsp3) is 0.533. The molecule has 0 saturated carbocycles. The zero-order chi connectivity index (χ0) is 14.5. The summed E-state index contributed by atoms with van der Waals surface area (Å²) in [7, 11) is 1.69. The van der Waals surface area contributed by atoms with Crippen molar-refractivity contribution in [2.24, 2.45) is 0 Å². The second-order valence-electron chi connectivity index (χ2n) is 5.28. The van der Waals surface area contributed by atoms with Crippen LogP contribution in [0.3, 0.4) is 0 Å². The molecule has 0 aliphatic carbocycles. The lowest BCUT2D eigenvalue weighted by Gasteiger charge is -2.19. The maximum Gasteiger partial charge on any atom is 0.222 e. The Morgan fingerprint density at radius 1 is 1.52 bits per heavy atom. The standard InChI is InChI=1S/C15H20ClFN2O.ClH/c1-19(10-12-13(16)5-2-6-14(12)17)15(20)8-7-11-4-3-9-18-11;/h2,5-6,11,18H,3-4,7-10H2,1H3;1H. The Morgan fingerprint density at radius 2 is 2.29 bits per heavy atom. The molecule has 1 fully saturated rings. The molecule has 6 heteroatoms. The van der Waals surface area contributed by atoms with Crippen LogP contribution in [0, 0.1) is 5.82 Å². The molecule has 1 aliphatic heterocycles. The Kier molecular flexibility index (Phi) is 7.43. The van der Waals surface area contributed by atoms with E-state index in [4.69, 9.17) is 11.6 Å². The summed E-state index contributed by atoms with van der Waals surface area (Å²) in [5, 5.41) is 3.73. The molecule has 0 spiro atoms. The Balaban J connectivity index is 0.00000220. The zero-order valence-electron chi connectivity index (χ0n) is 12.1. The predicted octanol–water partition coefficient (Wildman–Crippen LogP) is 3.39. The number of hydrogen-bond donors (Lipinski definition) is 1. The molecule has 3 nitrogen and oxygen atoms in total. The first-order chi connectivity index (χ1) is 9.58. The zero-order valence-corrected chi connectivity index (χ0v) is 13.6. The van der Waals surface area contributed by atoms with E-state index >= 15 is 0 Å². The Labute approximate surface area is 136 Å². The van der Waals surface area contributed by atoms with Crippen LogP contribution >= 0.6 is 24.0 Å². The second kappa shape index (κ2) is 8.57. The number of benzene rings is 1. The van der Waals surface area contributed by atoms with Crippen molar-refractivity contribution >= 4 is 29.9 Å². The van der Waals surface area contributed by atoms with Crippen LogP contribution in [0.2, 0.25) is 5.02 Å². The maximum absolute atomic E-state index is 13.7. The summed E-state index contributed by atoms with van der Waals surface area (Å²) in [6.45, 7) is 1.25. The van der Waals surface area contributed by atoms with E-state index in [0.717, 1.165) is 19.4 Å². The number of halogens is 3. The molecule has 1 unspecified atom stereocenters. The number of amides is 1. The van der Waals surface area contributed by atoms with Crippen LogP contribution in [-0.4, -0.2) is 30.4 Å². The number of carbonyl (C=O) groups is 1. The van der Waals surface area contributed by atoms with Gasteiger partial charge in [-0.25, -0.2) is 4.39 Å². The summed E-state index contributed by atoms with van der Waals surface area (Å²) in [6.07, 6.45) is 3.64. The topological polar surface area (TPSA) is 32.3 Å². The minimum Gasteiger partial charge on any atom is -0.341 e. The number of rotatable bonds is 5. The van der Waals surface area contributed by atoms with Crippen LogP contribution in [0.4, 0.5) is 4.39 Å². The Bertz CT molecular complexity index is 458. The summed E-state index contributed by atoms with van der Waals surface area (Å²) < 4.78 is 13.7. The number of nitrogens with one attached hydrogen (secondary N) is 1. The van der Waals surface area contributed by atoms with Crippen molar-refractivity contribution in [3.63, 3.8) is 0 Å². The summed E-state index contributed by atoms with van der Waals surface area (Å²) in [5.74, 6) is -0.340. The van der Waals surface area contributed by atoms with Crippen LogP contribution in [0.15, 0.2) is 18.2 Å². The molecule has 1 N–H and O–H groups in total. The first kappa shape index (κ1) is 18.2. The molecule has 0 bridgehead atoms. The molecule has 1 atom stereocenters. The summed E-state index contributed by atoms with van der Waals surface area (Å²) >= 11 is 5.97. The highest BCUT2D eigenvalue weighted by Crippen LogP contribution is 2.21. The average molecular weight is 335 g/mol. The van der Waals surface area contributed by atoms with E-state index in [9.17, 15) is 9.18 Å². The number of hydrogen-bond acceptors (Lipinski definition) is 2. The van der Waals surface area contributed by atoms with Gasteiger partial charge in [-0.15, -0.1) is 12.4 Å². The van der Waals surface area contributed by atoms with Gasteiger partial charge in [0.1, 0.15) is 5.82 Å². The van der Waals surface area contributed by atoms with Crippen LogP contribution in [0.25, 0.3) is 0 Å². The van der Waals surface area contributed by atoms with Crippen molar-refractivity contribution in [3.05, 3.63) is 34.6 Å². The van der Waals surface area contributed by atoms with Crippen molar-refractivity contribution in [1.29, 1.82) is 0 Å². The lowest BCUT2D eigenvalue weighted by molar-refractivity contribution is -0.130. The van der Waals surface area contributed by atoms with E-state index in [1.54, 1.807) is 24.1 Å². The molecule has 1 aromatic rings. The molecule has 1 heterocycles. The third-order valence-electron chi connectivity index (χ3n) is 3.75. The highest BCUT2D eigenvalue weighted by Gasteiger charge is 2.18. The molecule has 1 saturated heterocycles. The molecule has 1 aromatic carbocycles. The molecule has 1 aliphatic rings. The normalized spacial score (nSPS) is 17.4. The van der Waals surface area contributed by atoms with E-state index in [-0.39, 0.29) is 30.7 Å². The van der Waals surface area contributed by atoms with Gasteiger partial charge in [-0.3, -0.25) is 4.79 Å². The molecule has 2 rings (SSSR count). The van der Waals surface area contributed by atoms with Gasteiger partial charge in [-0.05, 0) is 37.9 Å². The molecule has 0 radical (unpaired) electrons. The fourth-order valence-electron chi connectivity index (χ4n) is 2.50. The van der Waals surface area contributed by atoms with Crippen molar-refractivity contribution in [3.8, 4) is 0 Å². The van der Waals surface area contributed by atoms with Crippen molar-refractivity contribution < 1.29 is 9.18 Å². The number of nitrogens with zero attached hydrogens (tertiary/aromatic N) is 1. The van der Waals surface area contributed by atoms with Gasteiger partial charge >= 0.3 is 0 Å². The SMILES string of the molecule is CN(Cc1c(F)cccc1Cl)C(=O)CCC1CCCN1.Cl. The van der Waals surface area contributed by atoms with E-state index in [1.165, 1.54) is 12.5 Å². The van der Waals surface area contributed by atoms with Gasteiger partial charge in [0.15, 0.2) is 0 Å². The molecular weight excluding hydrogens is 314 g/mol. The van der Waals surface area contributed by atoms with Gasteiger partial charge in [0.2, 0.25) is 5.91 Å². The summed E-state index contributed by atoms with van der Waals surface area (Å²) in [5.41, 5.74) is 0.379. The first-order valence-electron chi connectivity index (χ1n) is 6.98. The molecule has 118 valence electrons. The van der Waals surface area contributed by atoms with Gasteiger partial charge in [0, 0.05) is 36.6 Å². The Hall–Kier alpha value is -0.840. The molecular formula is C15H21Cl2FN2O. The predicted molar refractivity (Wildman–Crippen MR) is 85.4 cm³/mol. The highest BCUT2D eigenvalue weighted by molar-refractivity contribution is 6.31. The minimum absolute atomic E-state index is 0. The third-order valence-corrected chi connectivity index (χ3v) is 4.11. The fourth-order valence-corrected chi connectivity index (χ4v) is 2.72. The second-order valence-corrected chi connectivity index (χ2v) is 5.69. The monoisotopic (exact) mass is 334 g/mol. The van der Waals surface area contributed by atoms with Gasteiger partial charge in [0.25, 0.3) is 0 Å². The van der Waals surface area contributed by atoms with Crippen LogP contribution in [0.1, 0.15) is 31.2 Å². The van der Waals surface area contributed by atoms with Gasteiger partial charge in [-0.1, -0.05) is 17.7 Å². The van der Waals surface area contributed by atoms with E-state index in [2.05, 4.69) is 5.32 Å². The third kappa shape index (κ3) is 5.13. The first-order valence-corrected chi connectivity index (χ1v) is 7.36. The molecule has 0 aromatic heterocycles. The average Bonchev–Trinajstić information content (AvgIpc) is 2.93. The quantitative estimate of drug-likeness (QED) is 0.895. The lowest BCUT2D eigenvalue weighted by Crippen LogP contribution is -2.29. The van der Waals surface area contributed by atoms with E-state index in [1.807, 2.05) is 0 Å². The van der Waals surface area contributed by atoms with Crippen LogP contribution in [0.5, 0.6) is 0 Å². The molecule has 1 amide bonds. The van der Waals surface area contributed by atoms with Crippen molar-refractivity contribution in [2.75, 3.05) is 13.6 Å². The van der Waals surface area contributed by atoms with E-state index < -0.39 is 0 Å². The lowest BCUT2D eigenvalue weighted by atomic mass is 10.1. The maximum atomic E-state index is 13.7. The van der Waals surface area contributed by atoms with Crippen molar-refractivity contribution in [2.45, 2.75) is 38.3 Å². The van der Waals surface area contributed by atoms with Gasteiger partial charge < -0.3 is 10.2 Å². The summed E-state index contributed by atoms with van der Waals surface area (Å²) in [4.78, 5) is 13.6. The Morgan fingerprint density at radius 3 is 2.90 bits per heavy atom. The smallest absolute Gasteiger partial charge is 0.222 e. The van der Waals surface area contributed by atoms with Crippen LogP contribution in [-0.2, 0) is 11.3 Å². The summed E-state index contributed by atoms with van der Waals surface area (Å²) in [6, 6.07) is 5.02. The van der Waals surface area contributed by atoms with Crippen LogP contribution < -0.4 is 5.32 Å². The minimum atomic E-state index is -0.366. The van der Waals surface area contributed by atoms with E-state index in [0.29, 0.717) is 23.0 Å². The van der Waals surface area contributed by atoms with Gasteiger partial charge in [-0.2, -0.15) is 0 Å². The van der Waals surface area contributed by atoms with Crippen molar-refractivity contribution in [1.82, 2.24) is 10.2 Å². The number of carbonyl (C=O) groups excluding carboxylic acids is 1. The highest BCUT2D eigenvalue weighted by atomic mass is 35.5.